The molecule has 0 radical (unpaired) electrons. The van der Waals surface area contributed by atoms with Crippen LogP contribution in [0.5, 0.6) is 11.5 Å². The van der Waals surface area contributed by atoms with Gasteiger partial charge in [-0.05, 0) is 42.7 Å². The minimum absolute atomic E-state index is 0.186. The smallest absolute Gasteiger partial charge is 0.294 e. The molecule has 0 atom stereocenters. The predicted molar refractivity (Wildman–Crippen MR) is 107 cm³/mol. The topological polar surface area (TPSA) is 76.2 Å². The van der Waals surface area contributed by atoms with Crippen LogP contribution in [0.4, 0.5) is 4.79 Å². The number of carbonyl (C=O) groups excluding carboxylic acids is 3. The third-order valence-electron chi connectivity index (χ3n) is 5.02. The zero-order valence-electron chi connectivity index (χ0n) is 16.3. The molecule has 2 fully saturated rings. The average molecular weight is 404 g/mol. The van der Waals surface area contributed by atoms with Crippen molar-refractivity contribution in [2.75, 3.05) is 33.9 Å². The second kappa shape index (κ2) is 8.68. The van der Waals surface area contributed by atoms with E-state index in [0.29, 0.717) is 36.1 Å². The van der Waals surface area contributed by atoms with Crippen LogP contribution < -0.4 is 9.47 Å². The van der Waals surface area contributed by atoms with Gasteiger partial charge in [-0.15, -0.1) is 0 Å². The molecule has 0 aromatic heterocycles. The van der Waals surface area contributed by atoms with Gasteiger partial charge in [-0.25, -0.2) is 0 Å². The van der Waals surface area contributed by atoms with E-state index in [1.54, 1.807) is 29.2 Å². The molecule has 0 N–H and O–H groups in total. The SMILES string of the molecule is COc1cccc(/C=C2/SC(=O)N(CC(=O)N3CCC(C)CC3)C2=O)c1OC. The Labute approximate surface area is 168 Å². The van der Waals surface area contributed by atoms with Crippen LogP contribution in [0.2, 0.25) is 0 Å². The number of hydrogen-bond acceptors (Lipinski definition) is 6. The highest BCUT2D eigenvalue weighted by atomic mass is 32.2. The Bertz CT molecular complexity index is 815. The first kappa shape index (κ1) is 20.3. The van der Waals surface area contributed by atoms with Crippen molar-refractivity contribution in [3.8, 4) is 11.5 Å². The maximum absolute atomic E-state index is 12.7. The van der Waals surface area contributed by atoms with Crippen molar-refractivity contribution < 1.29 is 23.9 Å². The molecule has 0 bridgehead atoms. The predicted octanol–water partition coefficient (Wildman–Crippen LogP) is 3.00. The van der Waals surface area contributed by atoms with E-state index in [4.69, 9.17) is 9.47 Å². The first-order valence-electron chi connectivity index (χ1n) is 9.18. The Balaban J connectivity index is 1.75. The molecular formula is C20H24N2O5S. The second-order valence-electron chi connectivity index (χ2n) is 6.91. The monoisotopic (exact) mass is 404 g/mol. The van der Waals surface area contributed by atoms with Crippen molar-refractivity contribution in [2.45, 2.75) is 19.8 Å². The lowest BCUT2D eigenvalue weighted by Gasteiger charge is -2.31. The van der Waals surface area contributed by atoms with E-state index in [1.807, 2.05) is 0 Å². The van der Waals surface area contributed by atoms with Gasteiger partial charge >= 0.3 is 0 Å². The van der Waals surface area contributed by atoms with Crippen LogP contribution in [0.3, 0.4) is 0 Å². The van der Waals surface area contributed by atoms with Gasteiger partial charge in [0.1, 0.15) is 6.54 Å². The number of thioether (sulfide) groups is 1. The third kappa shape index (κ3) is 4.16. The molecule has 3 amide bonds. The molecule has 0 unspecified atom stereocenters. The molecule has 150 valence electrons. The number of benzene rings is 1. The normalized spacial score (nSPS) is 19.5. The molecule has 2 heterocycles. The Morgan fingerprint density at radius 2 is 1.93 bits per heavy atom. The standard InChI is InChI=1S/C20H24N2O5S/c1-13-7-9-21(10-8-13)17(23)12-22-19(24)16(28-20(22)25)11-14-5-4-6-15(26-2)18(14)27-3/h4-6,11,13H,7-10,12H2,1-3H3/b16-11+. The maximum Gasteiger partial charge on any atom is 0.294 e. The van der Waals surface area contributed by atoms with Crippen LogP contribution in [0.25, 0.3) is 6.08 Å². The van der Waals surface area contributed by atoms with Crippen molar-refractivity contribution in [2.24, 2.45) is 5.92 Å². The molecule has 28 heavy (non-hydrogen) atoms. The van der Waals surface area contributed by atoms with Crippen molar-refractivity contribution in [1.29, 1.82) is 0 Å². The number of imide groups is 1. The summed E-state index contributed by atoms with van der Waals surface area (Å²) in [5.41, 5.74) is 0.628. The summed E-state index contributed by atoms with van der Waals surface area (Å²) in [5, 5.41) is -0.433. The molecule has 2 saturated heterocycles. The molecule has 2 aliphatic heterocycles. The lowest BCUT2D eigenvalue weighted by atomic mass is 9.99. The number of piperidine rings is 1. The summed E-state index contributed by atoms with van der Waals surface area (Å²) in [6, 6.07) is 5.30. The summed E-state index contributed by atoms with van der Waals surface area (Å²) < 4.78 is 10.6. The molecule has 0 aliphatic carbocycles. The summed E-state index contributed by atoms with van der Waals surface area (Å²) in [6.45, 7) is 3.29. The Morgan fingerprint density at radius 1 is 1.21 bits per heavy atom. The lowest BCUT2D eigenvalue weighted by Crippen LogP contribution is -2.45. The summed E-state index contributed by atoms with van der Waals surface area (Å²) in [4.78, 5) is 40.6. The number of carbonyl (C=O) groups is 3. The number of nitrogens with zero attached hydrogens (tertiary/aromatic N) is 2. The molecule has 1 aromatic carbocycles. The molecule has 2 aliphatic rings. The number of hydrogen-bond donors (Lipinski definition) is 0. The molecule has 1 aromatic rings. The van der Waals surface area contributed by atoms with Crippen LogP contribution >= 0.6 is 11.8 Å². The molecule has 3 rings (SSSR count). The average Bonchev–Trinajstić information content (AvgIpc) is 2.95. The highest BCUT2D eigenvalue weighted by molar-refractivity contribution is 8.18. The van der Waals surface area contributed by atoms with Crippen molar-refractivity contribution >= 4 is 34.9 Å². The van der Waals surface area contributed by atoms with E-state index >= 15 is 0 Å². The van der Waals surface area contributed by atoms with E-state index in [9.17, 15) is 14.4 Å². The Kier molecular flexibility index (Phi) is 6.28. The van der Waals surface area contributed by atoms with Gasteiger partial charge in [-0.2, -0.15) is 0 Å². The van der Waals surface area contributed by atoms with Gasteiger partial charge in [0.05, 0.1) is 19.1 Å². The number of methoxy groups -OCH3 is 2. The number of likely N-dealkylation sites (tertiary alicyclic amines) is 1. The van der Waals surface area contributed by atoms with Crippen LogP contribution in [0, 0.1) is 5.92 Å². The fourth-order valence-corrected chi connectivity index (χ4v) is 4.13. The first-order chi connectivity index (χ1) is 13.4. The minimum Gasteiger partial charge on any atom is -0.493 e. The van der Waals surface area contributed by atoms with Gasteiger partial charge in [-0.3, -0.25) is 19.3 Å². The molecule has 8 heteroatoms. The summed E-state index contributed by atoms with van der Waals surface area (Å²) in [5.74, 6) is 0.968. The van der Waals surface area contributed by atoms with E-state index in [0.717, 1.165) is 29.5 Å². The van der Waals surface area contributed by atoms with E-state index in [-0.39, 0.29) is 17.4 Å². The highest BCUT2D eigenvalue weighted by Crippen LogP contribution is 2.37. The van der Waals surface area contributed by atoms with Crippen molar-refractivity contribution in [3.63, 3.8) is 0 Å². The summed E-state index contributed by atoms with van der Waals surface area (Å²) in [7, 11) is 3.04. The zero-order valence-corrected chi connectivity index (χ0v) is 17.1. The van der Waals surface area contributed by atoms with Crippen LogP contribution in [-0.2, 0) is 9.59 Å². The van der Waals surface area contributed by atoms with Gasteiger partial charge in [0.2, 0.25) is 5.91 Å². The second-order valence-corrected chi connectivity index (χ2v) is 7.91. The molecular weight excluding hydrogens is 380 g/mol. The highest BCUT2D eigenvalue weighted by Gasteiger charge is 2.37. The first-order valence-corrected chi connectivity index (χ1v) is 10.0. The van der Waals surface area contributed by atoms with Crippen molar-refractivity contribution in [3.05, 3.63) is 28.7 Å². The van der Waals surface area contributed by atoms with E-state index in [1.165, 1.54) is 14.2 Å². The van der Waals surface area contributed by atoms with Crippen LogP contribution in [-0.4, -0.2) is 60.7 Å². The molecule has 7 nitrogen and oxygen atoms in total. The van der Waals surface area contributed by atoms with Crippen LogP contribution in [0.15, 0.2) is 23.1 Å². The molecule has 0 spiro atoms. The molecule has 0 saturated carbocycles. The van der Waals surface area contributed by atoms with E-state index in [2.05, 4.69) is 6.92 Å². The largest absolute Gasteiger partial charge is 0.493 e. The zero-order chi connectivity index (χ0) is 20.3. The lowest BCUT2D eigenvalue weighted by molar-refractivity contribution is -0.136. The van der Waals surface area contributed by atoms with E-state index < -0.39 is 11.1 Å². The van der Waals surface area contributed by atoms with Gasteiger partial charge in [-0.1, -0.05) is 19.1 Å². The fourth-order valence-electron chi connectivity index (χ4n) is 3.30. The fraction of sp³-hybridized carbons (Fsp3) is 0.450. The van der Waals surface area contributed by atoms with Gasteiger partial charge in [0.15, 0.2) is 11.5 Å². The number of para-hydroxylation sites is 1. The van der Waals surface area contributed by atoms with Crippen molar-refractivity contribution in [1.82, 2.24) is 9.80 Å². The quantitative estimate of drug-likeness (QED) is 0.703. The summed E-state index contributed by atoms with van der Waals surface area (Å²) in [6.07, 6.45) is 3.49. The summed E-state index contributed by atoms with van der Waals surface area (Å²) >= 11 is 0.830. The third-order valence-corrected chi connectivity index (χ3v) is 5.93. The van der Waals surface area contributed by atoms with Gasteiger partial charge < -0.3 is 14.4 Å². The Morgan fingerprint density at radius 3 is 2.57 bits per heavy atom. The maximum atomic E-state index is 12.7. The number of ether oxygens (including phenoxy) is 2. The number of rotatable bonds is 5. The van der Waals surface area contributed by atoms with Crippen LogP contribution in [0.1, 0.15) is 25.3 Å². The minimum atomic E-state index is -0.460. The van der Waals surface area contributed by atoms with Gasteiger partial charge in [0, 0.05) is 18.7 Å². The number of amides is 3. The van der Waals surface area contributed by atoms with Gasteiger partial charge in [0.25, 0.3) is 11.1 Å². The Hall–Kier alpha value is -2.48.